The van der Waals surface area contributed by atoms with Gasteiger partial charge >= 0.3 is 0 Å². The Labute approximate surface area is 80.6 Å². The van der Waals surface area contributed by atoms with E-state index in [1.807, 2.05) is 6.07 Å². The van der Waals surface area contributed by atoms with Crippen molar-refractivity contribution >= 4 is 29.1 Å². The third-order valence-electron chi connectivity index (χ3n) is 1.71. The molecule has 0 aliphatic heterocycles. The summed E-state index contributed by atoms with van der Waals surface area (Å²) in [5.41, 5.74) is 5.92. The maximum Gasteiger partial charge on any atom is 0.215 e. The standard InChI is InChI=1S/C9H7NO2.ClH/c10-7-5-12-8-4-2-1-3-6(8)9(7)11;/h1-5H,10H2;1H. The van der Waals surface area contributed by atoms with Crippen LogP contribution in [0.5, 0.6) is 0 Å². The molecule has 0 unspecified atom stereocenters. The van der Waals surface area contributed by atoms with Crippen LogP contribution in [0.2, 0.25) is 0 Å². The number of hydrogen-bond acceptors (Lipinski definition) is 3. The zero-order valence-corrected chi connectivity index (χ0v) is 7.51. The normalized spacial score (nSPS) is 9.54. The first-order chi connectivity index (χ1) is 5.79. The van der Waals surface area contributed by atoms with Gasteiger partial charge in [0.15, 0.2) is 0 Å². The first-order valence-corrected chi connectivity index (χ1v) is 3.55. The molecule has 3 nitrogen and oxygen atoms in total. The summed E-state index contributed by atoms with van der Waals surface area (Å²) in [6.45, 7) is 0. The van der Waals surface area contributed by atoms with Crippen LogP contribution in [0.15, 0.2) is 39.7 Å². The smallest absolute Gasteiger partial charge is 0.215 e. The van der Waals surface area contributed by atoms with Crippen molar-refractivity contribution in [1.29, 1.82) is 0 Å². The Morgan fingerprint density at radius 3 is 2.69 bits per heavy atom. The molecule has 68 valence electrons. The lowest BCUT2D eigenvalue weighted by atomic mass is 10.2. The van der Waals surface area contributed by atoms with Gasteiger partial charge in [-0.05, 0) is 12.1 Å². The molecule has 1 aromatic heterocycles. The summed E-state index contributed by atoms with van der Waals surface area (Å²) in [6, 6.07) is 7.01. The van der Waals surface area contributed by atoms with E-state index in [1.54, 1.807) is 18.2 Å². The average Bonchev–Trinajstić information content (AvgIpc) is 2.12. The predicted octanol–water partition coefficient (Wildman–Crippen LogP) is 1.80. The molecule has 0 saturated heterocycles. The maximum absolute atomic E-state index is 11.3. The van der Waals surface area contributed by atoms with E-state index < -0.39 is 0 Å². The van der Waals surface area contributed by atoms with Crippen molar-refractivity contribution in [1.82, 2.24) is 0 Å². The van der Waals surface area contributed by atoms with Crippen molar-refractivity contribution in [3.63, 3.8) is 0 Å². The van der Waals surface area contributed by atoms with E-state index in [-0.39, 0.29) is 23.5 Å². The first-order valence-electron chi connectivity index (χ1n) is 3.55. The maximum atomic E-state index is 11.3. The molecule has 1 heterocycles. The molecule has 1 aromatic carbocycles. The van der Waals surface area contributed by atoms with Crippen LogP contribution in [0, 0.1) is 0 Å². The van der Waals surface area contributed by atoms with Crippen LogP contribution < -0.4 is 11.2 Å². The summed E-state index contributed by atoms with van der Waals surface area (Å²) < 4.78 is 5.10. The SMILES string of the molecule is Cl.Nc1coc2ccccc2c1=O. The van der Waals surface area contributed by atoms with Crippen molar-refractivity contribution in [2.24, 2.45) is 0 Å². The molecular formula is C9H8ClNO2. The summed E-state index contributed by atoms with van der Waals surface area (Å²) >= 11 is 0. The monoisotopic (exact) mass is 197 g/mol. The van der Waals surface area contributed by atoms with Crippen LogP contribution in [0.4, 0.5) is 5.69 Å². The molecule has 0 spiro atoms. The number of nitrogens with two attached hydrogens (primary N) is 1. The fourth-order valence-electron chi connectivity index (χ4n) is 1.09. The van der Waals surface area contributed by atoms with Crippen LogP contribution in [0.1, 0.15) is 0 Å². The minimum atomic E-state index is -0.170. The van der Waals surface area contributed by atoms with E-state index in [9.17, 15) is 4.79 Å². The highest BCUT2D eigenvalue weighted by Crippen LogP contribution is 2.10. The molecule has 0 fully saturated rings. The highest BCUT2D eigenvalue weighted by Gasteiger charge is 2.01. The van der Waals surface area contributed by atoms with Gasteiger partial charge in [-0.3, -0.25) is 4.79 Å². The second-order valence-electron chi connectivity index (χ2n) is 2.52. The van der Waals surface area contributed by atoms with Gasteiger partial charge in [0.1, 0.15) is 17.5 Å². The Morgan fingerprint density at radius 1 is 1.23 bits per heavy atom. The molecule has 0 aliphatic rings. The Kier molecular flexibility index (Phi) is 2.58. The summed E-state index contributed by atoms with van der Waals surface area (Å²) in [5, 5.41) is 0.525. The highest BCUT2D eigenvalue weighted by atomic mass is 35.5. The quantitative estimate of drug-likeness (QED) is 0.701. The fraction of sp³-hybridized carbons (Fsp3) is 0. The molecule has 0 radical (unpaired) electrons. The summed E-state index contributed by atoms with van der Waals surface area (Å²) in [4.78, 5) is 11.3. The minimum absolute atomic E-state index is 0. The number of para-hydroxylation sites is 1. The van der Waals surface area contributed by atoms with Crippen LogP contribution in [-0.2, 0) is 0 Å². The van der Waals surface area contributed by atoms with Gasteiger partial charge in [0.2, 0.25) is 5.43 Å². The molecule has 2 rings (SSSR count). The third-order valence-corrected chi connectivity index (χ3v) is 1.71. The zero-order valence-electron chi connectivity index (χ0n) is 6.69. The van der Waals surface area contributed by atoms with Gasteiger partial charge < -0.3 is 10.2 Å². The van der Waals surface area contributed by atoms with Gasteiger partial charge in [-0.2, -0.15) is 0 Å². The highest BCUT2D eigenvalue weighted by molar-refractivity contribution is 5.85. The second-order valence-corrected chi connectivity index (χ2v) is 2.52. The van der Waals surface area contributed by atoms with E-state index >= 15 is 0 Å². The Morgan fingerprint density at radius 2 is 1.92 bits per heavy atom. The van der Waals surface area contributed by atoms with Crippen molar-refractivity contribution < 1.29 is 4.42 Å². The first kappa shape index (κ1) is 9.61. The summed E-state index contributed by atoms with van der Waals surface area (Å²) in [7, 11) is 0. The van der Waals surface area contributed by atoms with Crippen LogP contribution in [0.3, 0.4) is 0 Å². The predicted molar refractivity (Wildman–Crippen MR) is 54.1 cm³/mol. The van der Waals surface area contributed by atoms with Crippen molar-refractivity contribution in [2.45, 2.75) is 0 Å². The lowest BCUT2D eigenvalue weighted by Crippen LogP contribution is -2.06. The zero-order chi connectivity index (χ0) is 8.55. The molecule has 0 aliphatic carbocycles. The number of rotatable bonds is 0. The molecule has 0 saturated carbocycles. The fourth-order valence-corrected chi connectivity index (χ4v) is 1.09. The Hall–Kier alpha value is -1.48. The third kappa shape index (κ3) is 1.51. The van der Waals surface area contributed by atoms with Crippen molar-refractivity contribution in [3.8, 4) is 0 Å². The van der Waals surface area contributed by atoms with E-state index in [0.717, 1.165) is 0 Å². The molecule has 0 amide bonds. The number of fused-ring (bicyclic) bond motifs is 1. The molecular weight excluding hydrogens is 190 g/mol. The number of halogens is 1. The molecule has 4 heteroatoms. The van der Waals surface area contributed by atoms with Gasteiger partial charge in [-0.25, -0.2) is 0 Å². The molecule has 0 bridgehead atoms. The van der Waals surface area contributed by atoms with E-state index in [1.165, 1.54) is 6.26 Å². The lowest BCUT2D eigenvalue weighted by Gasteiger charge is -1.95. The Balaban J connectivity index is 0.000000845. The summed E-state index contributed by atoms with van der Waals surface area (Å²) in [5.74, 6) is 0. The van der Waals surface area contributed by atoms with Gasteiger partial charge in [0.05, 0.1) is 5.39 Å². The lowest BCUT2D eigenvalue weighted by molar-refractivity contribution is 0.605. The van der Waals surface area contributed by atoms with Gasteiger partial charge in [-0.1, -0.05) is 12.1 Å². The number of hydrogen-bond donors (Lipinski definition) is 1. The van der Waals surface area contributed by atoms with Crippen molar-refractivity contribution in [2.75, 3.05) is 5.73 Å². The van der Waals surface area contributed by atoms with Crippen LogP contribution in [0.25, 0.3) is 11.0 Å². The van der Waals surface area contributed by atoms with E-state index in [4.69, 9.17) is 10.2 Å². The number of benzene rings is 1. The summed E-state index contributed by atoms with van der Waals surface area (Å²) in [6.07, 6.45) is 1.27. The van der Waals surface area contributed by atoms with Gasteiger partial charge in [-0.15, -0.1) is 12.4 Å². The molecule has 0 atom stereocenters. The average molecular weight is 198 g/mol. The van der Waals surface area contributed by atoms with E-state index in [2.05, 4.69) is 0 Å². The van der Waals surface area contributed by atoms with Crippen LogP contribution >= 0.6 is 12.4 Å². The molecule has 2 aromatic rings. The number of anilines is 1. The topological polar surface area (TPSA) is 56.2 Å². The van der Waals surface area contributed by atoms with Gasteiger partial charge in [0, 0.05) is 0 Å². The van der Waals surface area contributed by atoms with Gasteiger partial charge in [0.25, 0.3) is 0 Å². The second kappa shape index (κ2) is 3.49. The van der Waals surface area contributed by atoms with E-state index in [0.29, 0.717) is 11.0 Å². The molecule has 13 heavy (non-hydrogen) atoms. The van der Waals surface area contributed by atoms with Crippen LogP contribution in [-0.4, -0.2) is 0 Å². The minimum Gasteiger partial charge on any atom is -0.462 e. The molecule has 2 N–H and O–H groups in total. The Bertz CT molecular complexity index is 478. The largest absolute Gasteiger partial charge is 0.462 e. The van der Waals surface area contributed by atoms with Crippen molar-refractivity contribution in [3.05, 3.63) is 40.8 Å². The number of nitrogen functional groups attached to an aromatic ring is 1.